The number of nitrogens with zero attached hydrogens (tertiary/aromatic N) is 1. The maximum atomic E-state index is 12.7. The van der Waals surface area contributed by atoms with Crippen molar-refractivity contribution in [1.82, 2.24) is 9.88 Å². The van der Waals surface area contributed by atoms with Crippen molar-refractivity contribution in [1.29, 1.82) is 0 Å². The van der Waals surface area contributed by atoms with E-state index in [0.29, 0.717) is 23.8 Å². The van der Waals surface area contributed by atoms with Gasteiger partial charge in [-0.05, 0) is 24.3 Å². The zero-order chi connectivity index (χ0) is 17.1. The second-order valence-electron chi connectivity index (χ2n) is 5.42. The number of H-pyrrole nitrogens is 1. The number of rotatable bonds is 4. The molecule has 0 bridgehead atoms. The lowest BCUT2D eigenvalue weighted by atomic mass is 10.1. The second-order valence-corrected chi connectivity index (χ2v) is 6.57. The fourth-order valence-corrected chi connectivity index (χ4v) is 3.73. The summed E-state index contributed by atoms with van der Waals surface area (Å²) in [6.07, 6.45) is 1.37. The van der Waals surface area contributed by atoms with E-state index in [9.17, 15) is 14.4 Å². The Morgan fingerprint density at radius 1 is 1.38 bits per heavy atom. The van der Waals surface area contributed by atoms with Crippen molar-refractivity contribution in [2.75, 3.05) is 18.1 Å². The van der Waals surface area contributed by atoms with Crippen LogP contribution in [0.2, 0.25) is 0 Å². The van der Waals surface area contributed by atoms with Gasteiger partial charge < -0.3 is 19.4 Å². The summed E-state index contributed by atoms with van der Waals surface area (Å²) < 4.78 is 5.22. The molecule has 1 unspecified atom stereocenters. The van der Waals surface area contributed by atoms with Gasteiger partial charge in [0.15, 0.2) is 0 Å². The van der Waals surface area contributed by atoms with Crippen LogP contribution in [0, 0.1) is 0 Å². The molecule has 0 saturated carbocycles. The molecule has 1 aliphatic rings. The zero-order valence-electron chi connectivity index (χ0n) is 12.7. The Labute approximate surface area is 141 Å². The number of furan rings is 1. The van der Waals surface area contributed by atoms with Gasteiger partial charge in [0.05, 0.1) is 24.4 Å². The van der Waals surface area contributed by atoms with Crippen molar-refractivity contribution < 1.29 is 19.1 Å². The molecule has 7 nitrogen and oxygen atoms in total. The van der Waals surface area contributed by atoms with Crippen LogP contribution in [0.1, 0.15) is 16.8 Å². The molecule has 3 heterocycles. The Bertz CT molecular complexity index is 799. The number of carbonyl (C=O) groups excluding carboxylic acids is 1. The van der Waals surface area contributed by atoms with Gasteiger partial charge >= 0.3 is 5.97 Å². The number of aromatic nitrogens is 1. The van der Waals surface area contributed by atoms with Crippen LogP contribution in [0.25, 0.3) is 11.5 Å². The van der Waals surface area contributed by atoms with Gasteiger partial charge in [0, 0.05) is 18.1 Å². The van der Waals surface area contributed by atoms with Crippen molar-refractivity contribution in [2.24, 2.45) is 0 Å². The molecule has 1 atom stereocenters. The first kappa shape index (κ1) is 16.4. The summed E-state index contributed by atoms with van der Waals surface area (Å²) >= 11 is 1.61. The van der Waals surface area contributed by atoms with E-state index in [1.807, 2.05) is 0 Å². The number of nitrogens with one attached hydrogen (secondary N) is 1. The third-order valence-corrected chi connectivity index (χ3v) is 4.92. The highest BCUT2D eigenvalue weighted by Crippen LogP contribution is 2.21. The van der Waals surface area contributed by atoms with Crippen LogP contribution in [0.4, 0.5) is 0 Å². The lowest BCUT2D eigenvalue weighted by Gasteiger charge is -2.34. The van der Waals surface area contributed by atoms with E-state index in [-0.39, 0.29) is 12.0 Å². The SMILES string of the molecule is O=C(O)CC1CSCCN1C(=O)c1ccc(-c2ccco2)[nH]c1=O. The van der Waals surface area contributed by atoms with Crippen LogP contribution < -0.4 is 5.56 Å². The van der Waals surface area contributed by atoms with Gasteiger partial charge in [0.2, 0.25) is 0 Å². The van der Waals surface area contributed by atoms with Crippen LogP contribution in [-0.4, -0.2) is 51.0 Å². The molecule has 24 heavy (non-hydrogen) atoms. The maximum absolute atomic E-state index is 12.7. The highest BCUT2D eigenvalue weighted by Gasteiger charge is 2.30. The van der Waals surface area contributed by atoms with Crippen molar-refractivity contribution in [3.63, 3.8) is 0 Å². The molecule has 3 rings (SSSR count). The molecule has 0 aromatic carbocycles. The van der Waals surface area contributed by atoms with Crippen LogP contribution in [0.5, 0.6) is 0 Å². The number of aliphatic carboxylic acids is 1. The Hall–Kier alpha value is -2.48. The normalized spacial score (nSPS) is 17.7. The molecule has 0 radical (unpaired) electrons. The molecule has 1 saturated heterocycles. The minimum absolute atomic E-state index is 0.00703. The Morgan fingerprint density at radius 2 is 2.21 bits per heavy atom. The van der Waals surface area contributed by atoms with Gasteiger partial charge in [0.1, 0.15) is 11.3 Å². The van der Waals surface area contributed by atoms with Gasteiger partial charge in [-0.1, -0.05) is 0 Å². The molecule has 2 aromatic heterocycles. The Kier molecular flexibility index (Phi) is 4.75. The van der Waals surface area contributed by atoms with E-state index in [1.165, 1.54) is 17.2 Å². The molecule has 1 fully saturated rings. The predicted octanol–water partition coefficient (Wildman–Crippen LogP) is 1.67. The molecule has 8 heteroatoms. The lowest BCUT2D eigenvalue weighted by Crippen LogP contribution is -2.48. The highest BCUT2D eigenvalue weighted by atomic mass is 32.2. The van der Waals surface area contributed by atoms with Gasteiger partial charge in [-0.2, -0.15) is 11.8 Å². The van der Waals surface area contributed by atoms with Crippen molar-refractivity contribution in [3.05, 3.63) is 46.4 Å². The third kappa shape index (κ3) is 3.38. The molecule has 2 aromatic rings. The molecule has 0 aliphatic carbocycles. The number of thioether (sulfide) groups is 1. The first-order valence-electron chi connectivity index (χ1n) is 7.44. The minimum Gasteiger partial charge on any atom is -0.481 e. The van der Waals surface area contributed by atoms with Crippen molar-refractivity contribution >= 4 is 23.6 Å². The molecular weight excluding hydrogens is 332 g/mol. The standard InChI is InChI=1S/C16H16N2O5S/c19-14(20)8-10-9-24-7-5-18(10)16(22)11-3-4-12(17-15(11)21)13-2-1-6-23-13/h1-4,6,10H,5,7-9H2,(H,17,21)(H,19,20). The number of amides is 1. The summed E-state index contributed by atoms with van der Waals surface area (Å²) in [4.78, 5) is 40.1. The van der Waals surface area contributed by atoms with Gasteiger partial charge in [-0.3, -0.25) is 14.4 Å². The molecule has 2 N–H and O–H groups in total. The largest absolute Gasteiger partial charge is 0.481 e. The fraction of sp³-hybridized carbons (Fsp3) is 0.312. The topological polar surface area (TPSA) is 104 Å². The summed E-state index contributed by atoms with van der Waals surface area (Å²) in [5.41, 5.74) is -0.0216. The van der Waals surface area contributed by atoms with Crippen LogP contribution in [-0.2, 0) is 4.79 Å². The average molecular weight is 348 g/mol. The zero-order valence-corrected chi connectivity index (χ0v) is 13.5. The lowest BCUT2D eigenvalue weighted by molar-refractivity contribution is -0.138. The Morgan fingerprint density at radius 3 is 2.88 bits per heavy atom. The summed E-state index contributed by atoms with van der Waals surface area (Å²) in [5, 5.41) is 9.01. The van der Waals surface area contributed by atoms with E-state index >= 15 is 0 Å². The average Bonchev–Trinajstić information content (AvgIpc) is 3.08. The quantitative estimate of drug-likeness (QED) is 0.871. The first-order chi connectivity index (χ1) is 11.6. The molecule has 126 valence electrons. The number of pyridine rings is 1. The molecular formula is C16H16N2O5S. The number of hydrogen-bond donors (Lipinski definition) is 2. The van der Waals surface area contributed by atoms with E-state index in [4.69, 9.17) is 9.52 Å². The molecule has 1 aliphatic heterocycles. The summed E-state index contributed by atoms with van der Waals surface area (Å²) in [5.74, 6) is 0.394. The minimum atomic E-state index is -0.956. The number of hydrogen-bond acceptors (Lipinski definition) is 5. The first-order valence-corrected chi connectivity index (χ1v) is 8.59. The third-order valence-electron chi connectivity index (χ3n) is 3.83. The van der Waals surface area contributed by atoms with E-state index in [1.54, 1.807) is 30.0 Å². The van der Waals surface area contributed by atoms with Crippen LogP contribution >= 0.6 is 11.8 Å². The molecule has 1 amide bonds. The maximum Gasteiger partial charge on any atom is 0.305 e. The Balaban J connectivity index is 1.86. The fourth-order valence-electron chi connectivity index (χ4n) is 2.67. The van der Waals surface area contributed by atoms with Gasteiger partial charge in [0.25, 0.3) is 11.5 Å². The van der Waals surface area contributed by atoms with Gasteiger partial charge in [-0.25, -0.2) is 0 Å². The van der Waals surface area contributed by atoms with Crippen LogP contribution in [0.15, 0.2) is 39.7 Å². The smallest absolute Gasteiger partial charge is 0.305 e. The highest BCUT2D eigenvalue weighted by molar-refractivity contribution is 7.99. The summed E-state index contributed by atoms with van der Waals surface area (Å²) in [6, 6.07) is 6.07. The number of aromatic amines is 1. The van der Waals surface area contributed by atoms with E-state index in [2.05, 4.69) is 4.98 Å². The summed E-state index contributed by atoms with van der Waals surface area (Å²) in [6.45, 7) is 0.431. The number of carboxylic acid groups (broad SMARTS) is 1. The van der Waals surface area contributed by atoms with Gasteiger partial charge in [-0.15, -0.1) is 0 Å². The van der Waals surface area contributed by atoms with E-state index in [0.717, 1.165) is 5.75 Å². The van der Waals surface area contributed by atoms with Crippen molar-refractivity contribution in [2.45, 2.75) is 12.5 Å². The monoisotopic (exact) mass is 348 g/mol. The number of carbonyl (C=O) groups is 2. The molecule has 0 spiro atoms. The second kappa shape index (κ2) is 6.96. The predicted molar refractivity (Wildman–Crippen MR) is 89.2 cm³/mol. The van der Waals surface area contributed by atoms with E-state index < -0.39 is 23.5 Å². The number of carboxylic acids is 1. The van der Waals surface area contributed by atoms with Crippen molar-refractivity contribution in [3.8, 4) is 11.5 Å². The van der Waals surface area contributed by atoms with Crippen LogP contribution in [0.3, 0.4) is 0 Å². The summed E-state index contributed by atoms with van der Waals surface area (Å²) in [7, 11) is 0.